The molecule has 1 N–H and O–H groups in total. The molecule has 0 saturated carbocycles. The minimum absolute atomic E-state index is 0. The van der Waals surface area contributed by atoms with Gasteiger partial charge >= 0.3 is 0 Å². The molecule has 0 atom stereocenters. The fourth-order valence-electron chi connectivity index (χ4n) is 3.38. The Hall–Kier alpha value is -2.54. The van der Waals surface area contributed by atoms with Crippen LogP contribution in [0.2, 0.25) is 0 Å². The molecule has 0 bridgehead atoms. The van der Waals surface area contributed by atoms with Gasteiger partial charge in [-0.2, -0.15) is 0 Å². The van der Waals surface area contributed by atoms with Gasteiger partial charge in [-0.1, -0.05) is 136 Å². The number of aromatic hydroxyl groups is 1. The van der Waals surface area contributed by atoms with Gasteiger partial charge in [0.05, 0.1) is 0 Å². The molecule has 1 heteroatoms. The fourth-order valence-corrected chi connectivity index (χ4v) is 3.38. The van der Waals surface area contributed by atoms with Gasteiger partial charge in [0.15, 0.2) is 0 Å². The molecule has 0 spiro atoms. The summed E-state index contributed by atoms with van der Waals surface area (Å²) >= 11 is 0. The van der Waals surface area contributed by atoms with Crippen LogP contribution in [-0.2, 0) is 19.3 Å². The van der Waals surface area contributed by atoms with Crippen molar-refractivity contribution < 1.29 is 5.11 Å². The second-order valence-electron chi connectivity index (χ2n) is 9.93. The summed E-state index contributed by atoms with van der Waals surface area (Å²) in [6.45, 7) is 15.5. The highest BCUT2D eigenvalue weighted by molar-refractivity contribution is 5.26. The predicted octanol–water partition coefficient (Wildman–Crippen LogP) is 10.6. The number of hydrogen-bond acceptors (Lipinski definition) is 1. The highest BCUT2D eigenvalue weighted by Gasteiger charge is 1.97. The summed E-state index contributed by atoms with van der Waals surface area (Å²) < 4.78 is 0. The van der Waals surface area contributed by atoms with Crippen molar-refractivity contribution in [2.45, 2.75) is 90.0 Å². The summed E-state index contributed by atoms with van der Waals surface area (Å²) in [5, 5.41) is 8.99. The lowest BCUT2D eigenvalue weighted by Gasteiger charge is -2.04. The monoisotopic (exact) mass is 480 g/mol. The van der Waals surface area contributed by atoms with Gasteiger partial charge in [0.2, 0.25) is 0 Å². The van der Waals surface area contributed by atoms with Crippen molar-refractivity contribution in [1.82, 2.24) is 0 Å². The van der Waals surface area contributed by atoms with Crippen molar-refractivity contribution in [2.24, 2.45) is 17.8 Å². The maximum atomic E-state index is 8.99. The largest absolute Gasteiger partial charge is 0.508 e. The highest BCUT2D eigenvalue weighted by atomic mass is 16.3. The van der Waals surface area contributed by atoms with Crippen LogP contribution in [0.3, 0.4) is 0 Å². The number of hydrogen-bond donors (Lipinski definition) is 1. The average Bonchev–Trinajstić information content (AvgIpc) is 2.72. The number of rotatable bonds is 6. The van der Waals surface area contributed by atoms with Crippen LogP contribution >= 0.6 is 0 Å². The second kappa shape index (κ2) is 20.8. The molecule has 3 aromatic rings. The number of benzene rings is 3. The minimum atomic E-state index is 0. The Morgan fingerprint density at radius 1 is 0.486 bits per heavy atom. The highest BCUT2D eigenvalue weighted by Crippen LogP contribution is 2.13. The SMILES string of the molecule is C.C.C.CC(C)Cc1ccc(O)cc1.CC(C)Cc1ccccc1.Cc1ccc(CC(C)C)cc1. The van der Waals surface area contributed by atoms with Crippen molar-refractivity contribution >= 4 is 0 Å². The third-order valence-electron chi connectivity index (χ3n) is 4.83. The van der Waals surface area contributed by atoms with Crippen molar-refractivity contribution in [3.63, 3.8) is 0 Å². The van der Waals surface area contributed by atoms with E-state index < -0.39 is 0 Å². The summed E-state index contributed by atoms with van der Waals surface area (Å²) in [4.78, 5) is 0. The van der Waals surface area contributed by atoms with Gasteiger partial charge in [-0.15, -0.1) is 0 Å². The van der Waals surface area contributed by atoms with Crippen LogP contribution in [0, 0.1) is 24.7 Å². The van der Waals surface area contributed by atoms with Gasteiger partial charge in [-0.05, 0) is 72.8 Å². The summed E-state index contributed by atoms with van der Waals surface area (Å²) in [7, 11) is 0. The van der Waals surface area contributed by atoms with Gasteiger partial charge < -0.3 is 5.11 Å². The van der Waals surface area contributed by atoms with Crippen LogP contribution in [0.15, 0.2) is 78.9 Å². The van der Waals surface area contributed by atoms with E-state index in [2.05, 4.69) is 103 Å². The van der Waals surface area contributed by atoms with Gasteiger partial charge in [0.1, 0.15) is 5.75 Å². The van der Waals surface area contributed by atoms with Gasteiger partial charge in [0.25, 0.3) is 0 Å². The molecule has 1 nitrogen and oxygen atoms in total. The number of phenols is 1. The van der Waals surface area contributed by atoms with E-state index >= 15 is 0 Å². The Morgan fingerprint density at radius 2 is 0.800 bits per heavy atom. The van der Waals surface area contributed by atoms with E-state index in [-0.39, 0.29) is 22.3 Å². The number of phenolic OH excluding ortho intramolecular Hbond substituents is 1. The van der Waals surface area contributed by atoms with E-state index in [9.17, 15) is 0 Å². The fraction of sp³-hybridized carbons (Fsp3) is 0.471. The normalized spacial score (nSPS) is 9.54. The Bertz CT molecular complexity index is 777. The zero-order chi connectivity index (χ0) is 23.9. The first-order valence-corrected chi connectivity index (χ1v) is 12.0. The maximum absolute atomic E-state index is 8.99. The molecule has 0 aromatic heterocycles. The average molecular weight is 481 g/mol. The van der Waals surface area contributed by atoms with Gasteiger partial charge in [-0.25, -0.2) is 0 Å². The van der Waals surface area contributed by atoms with Gasteiger partial charge in [0, 0.05) is 0 Å². The molecular formula is C34H56O. The molecule has 0 unspecified atom stereocenters. The Kier molecular flexibility index (Phi) is 22.0. The van der Waals surface area contributed by atoms with Crippen LogP contribution in [0.5, 0.6) is 5.75 Å². The van der Waals surface area contributed by atoms with Gasteiger partial charge in [-0.3, -0.25) is 0 Å². The molecule has 35 heavy (non-hydrogen) atoms. The molecular weight excluding hydrogens is 424 g/mol. The first kappa shape index (κ1) is 37.0. The van der Waals surface area contributed by atoms with E-state index in [1.807, 2.05) is 12.1 Å². The van der Waals surface area contributed by atoms with E-state index in [4.69, 9.17) is 5.11 Å². The second-order valence-corrected chi connectivity index (χ2v) is 9.93. The topological polar surface area (TPSA) is 20.2 Å². The smallest absolute Gasteiger partial charge is 0.115 e. The lowest BCUT2D eigenvalue weighted by Crippen LogP contribution is -1.93. The third-order valence-corrected chi connectivity index (χ3v) is 4.83. The third kappa shape index (κ3) is 19.5. The van der Waals surface area contributed by atoms with E-state index in [0.29, 0.717) is 11.7 Å². The molecule has 0 aliphatic heterocycles. The molecule has 0 amide bonds. The molecule has 0 fully saturated rings. The van der Waals surface area contributed by atoms with Crippen molar-refractivity contribution in [2.75, 3.05) is 0 Å². The molecule has 0 radical (unpaired) electrons. The van der Waals surface area contributed by atoms with Crippen molar-refractivity contribution in [3.8, 4) is 5.75 Å². The van der Waals surface area contributed by atoms with E-state index in [0.717, 1.165) is 18.3 Å². The molecule has 0 aliphatic carbocycles. The maximum Gasteiger partial charge on any atom is 0.115 e. The Labute approximate surface area is 219 Å². The van der Waals surface area contributed by atoms with E-state index in [1.54, 1.807) is 12.1 Å². The molecule has 198 valence electrons. The predicted molar refractivity (Wildman–Crippen MR) is 162 cm³/mol. The van der Waals surface area contributed by atoms with Crippen molar-refractivity contribution in [3.05, 3.63) is 101 Å². The van der Waals surface area contributed by atoms with Crippen LogP contribution in [0.25, 0.3) is 0 Å². The first-order chi connectivity index (χ1) is 15.2. The summed E-state index contributed by atoms with van der Waals surface area (Å²) in [6, 6.07) is 26.8. The Balaban J connectivity index is -0.000000421. The van der Waals surface area contributed by atoms with Crippen LogP contribution in [0.4, 0.5) is 0 Å². The first-order valence-electron chi connectivity index (χ1n) is 12.0. The standard InChI is InChI=1S/C11H16.C10H14O.C10H14.3CH4/c1-9(2)8-11-6-4-10(3)5-7-11;1-8(2)7-9-3-5-10(11)6-4-9;1-9(2)8-10-6-4-3-5-7-10;;;/h4-7,9H,8H2,1-3H3;3-6,8,11H,7H2,1-2H3;3-7,9H,8H2,1-2H3;3*1H4. The van der Waals surface area contributed by atoms with Crippen molar-refractivity contribution in [1.29, 1.82) is 0 Å². The molecule has 3 aromatic carbocycles. The van der Waals surface area contributed by atoms with Crippen LogP contribution in [-0.4, -0.2) is 5.11 Å². The zero-order valence-electron chi connectivity index (χ0n) is 21.3. The Morgan fingerprint density at radius 3 is 1.14 bits per heavy atom. The lowest BCUT2D eigenvalue weighted by molar-refractivity contribution is 0.475. The molecule has 0 aliphatic rings. The summed E-state index contributed by atoms with van der Waals surface area (Å²) in [6.07, 6.45) is 3.47. The minimum Gasteiger partial charge on any atom is -0.508 e. The van der Waals surface area contributed by atoms with Crippen LogP contribution in [0.1, 0.15) is 86.1 Å². The van der Waals surface area contributed by atoms with Crippen LogP contribution < -0.4 is 0 Å². The molecule has 3 rings (SSSR count). The summed E-state index contributed by atoms with van der Waals surface area (Å²) in [5.74, 6) is 2.55. The quantitative estimate of drug-likeness (QED) is 0.372. The summed E-state index contributed by atoms with van der Waals surface area (Å²) in [5.41, 5.74) is 5.53. The molecule has 0 saturated heterocycles. The molecule has 0 heterocycles. The zero-order valence-corrected chi connectivity index (χ0v) is 21.3. The number of aryl methyl sites for hydroxylation is 1. The lowest BCUT2D eigenvalue weighted by atomic mass is 10.0. The van der Waals surface area contributed by atoms with E-state index in [1.165, 1.54) is 35.1 Å².